The van der Waals surface area contributed by atoms with Gasteiger partial charge in [-0.2, -0.15) is 4.31 Å². The van der Waals surface area contributed by atoms with Gasteiger partial charge in [0.25, 0.3) is 5.91 Å². The number of rotatable bonds is 6. The van der Waals surface area contributed by atoms with E-state index in [9.17, 15) is 13.2 Å². The number of anilines is 1. The predicted molar refractivity (Wildman–Crippen MR) is 112 cm³/mol. The SMILES string of the molecule is COc1ccc(C(=O)Nc2ccc(S(=O)(=O)N3CCCC3)cc2)cc1C1CCC1. The van der Waals surface area contributed by atoms with Crippen molar-refractivity contribution in [2.24, 2.45) is 0 Å². The Hall–Kier alpha value is -2.38. The molecule has 1 aliphatic carbocycles. The largest absolute Gasteiger partial charge is 0.496 e. The fourth-order valence-corrected chi connectivity index (χ4v) is 5.42. The molecular formula is C22H26N2O4S. The minimum absolute atomic E-state index is 0.219. The second-order valence-corrected chi connectivity index (χ2v) is 9.61. The van der Waals surface area contributed by atoms with Crippen LogP contribution in [-0.2, 0) is 10.0 Å². The van der Waals surface area contributed by atoms with Gasteiger partial charge in [-0.1, -0.05) is 6.42 Å². The summed E-state index contributed by atoms with van der Waals surface area (Å²) < 4.78 is 32.2. The molecule has 1 amide bonds. The van der Waals surface area contributed by atoms with Gasteiger partial charge in [-0.05, 0) is 79.6 Å². The number of sulfonamides is 1. The van der Waals surface area contributed by atoms with Crippen molar-refractivity contribution in [1.29, 1.82) is 0 Å². The van der Waals surface area contributed by atoms with E-state index in [1.807, 2.05) is 12.1 Å². The van der Waals surface area contributed by atoms with Crippen molar-refractivity contribution in [2.75, 3.05) is 25.5 Å². The predicted octanol–water partition coefficient (Wildman–Crippen LogP) is 4.00. The van der Waals surface area contributed by atoms with Gasteiger partial charge in [-0.3, -0.25) is 4.79 Å². The summed E-state index contributed by atoms with van der Waals surface area (Å²) in [4.78, 5) is 13.0. The van der Waals surface area contributed by atoms with Crippen LogP contribution in [0.25, 0.3) is 0 Å². The maximum Gasteiger partial charge on any atom is 0.255 e. The molecule has 0 bridgehead atoms. The first-order valence-corrected chi connectivity index (χ1v) is 11.5. The Kier molecular flexibility index (Phi) is 5.61. The second-order valence-electron chi connectivity index (χ2n) is 7.67. The lowest BCUT2D eigenvalue weighted by Crippen LogP contribution is -2.27. The Bertz CT molecular complexity index is 992. The molecule has 2 aromatic rings. The van der Waals surface area contributed by atoms with Gasteiger partial charge in [0.05, 0.1) is 12.0 Å². The fourth-order valence-electron chi connectivity index (χ4n) is 3.90. The van der Waals surface area contributed by atoms with Crippen LogP contribution >= 0.6 is 0 Å². The third-order valence-electron chi connectivity index (χ3n) is 5.85. The van der Waals surface area contributed by atoms with Crippen LogP contribution in [0.5, 0.6) is 5.75 Å². The van der Waals surface area contributed by atoms with Crippen molar-refractivity contribution in [1.82, 2.24) is 4.31 Å². The summed E-state index contributed by atoms with van der Waals surface area (Å²) in [6.45, 7) is 1.14. The van der Waals surface area contributed by atoms with E-state index in [1.54, 1.807) is 37.4 Å². The van der Waals surface area contributed by atoms with Crippen LogP contribution in [0, 0.1) is 0 Å². The van der Waals surface area contributed by atoms with Crippen molar-refractivity contribution in [3.8, 4) is 5.75 Å². The number of nitrogens with zero attached hydrogens (tertiary/aromatic N) is 1. The lowest BCUT2D eigenvalue weighted by molar-refractivity contribution is 0.102. The standard InChI is InChI=1S/C22H26N2O4S/c1-28-21-12-7-17(15-20(21)16-5-4-6-16)22(25)23-18-8-10-19(11-9-18)29(26,27)24-13-2-3-14-24/h7-12,15-16H,2-6,13-14H2,1H3,(H,23,25). The molecule has 2 fully saturated rings. The van der Waals surface area contributed by atoms with Crippen molar-refractivity contribution >= 4 is 21.6 Å². The Balaban J connectivity index is 1.48. The number of nitrogens with one attached hydrogen (secondary N) is 1. The molecule has 4 rings (SSSR count). The third kappa shape index (κ3) is 4.02. The molecule has 1 saturated carbocycles. The zero-order valence-corrected chi connectivity index (χ0v) is 17.4. The summed E-state index contributed by atoms with van der Waals surface area (Å²) in [5.74, 6) is 1.05. The molecule has 1 saturated heterocycles. The van der Waals surface area contributed by atoms with Gasteiger partial charge in [-0.15, -0.1) is 0 Å². The summed E-state index contributed by atoms with van der Waals surface area (Å²) in [6.07, 6.45) is 5.25. The van der Waals surface area contributed by atoms with E-state index in [2.05, 4.69) is 5.32 Å². The monoisotopic (exact) mass is 414 g/mol. The van der Waals surface area contributed by atoms with E-state index in [-0.39, 0.29) is 10.8 Å². The number of carbonyl (C=O) groups is 1. The minimum Gasteiger partial charge on any atom is -0.496 e. The van der Waals surface area contributed by atoms with Gasteiger partial charge in [0.2, 0.25) is 10.0 Å². The molecule has 0 aromatic heterocycles. The first kappa shape index (κ1) is 19.9. The van der Waals surface area contributed by atoms with E-state index in [1.165, 1.54) is 10.7 Å². The van der Waals surface area contributed by atoms with Crippen molar-refractivity contribution in [3.63, 3.8) is 0 Å². The Morgan fingerprint density at radius 2 is 1.72 bits per heavy atom. The second kappa shape index (κ2) is 8.16. The summed E-state index contributed by atoms with van der Waals surface area (Å²) in [7, 11) is -1.80. The van der Waals surface area contributed by atoms with Crippen molar-refractivity contribution in [2.45, 2.75) is 42.9 Å². The highest BCUT2D eigenvalue weighted by molar-refractivity contribution is 7.89. The molecule has 2 aromatic carbocycles. The maximum absolute atomic E-state index is 12.7. The average Bonchev–Trinajstić information content (AvgIpc) is 3.23. The third-order valence-corrected chi connectivity index (χ3v) is 7.76. The Morgan fingerprint density at radius 1 is 1.03 bits per heavy atom. The highest BCUT2D eigenvalue weighted by Crippen LogP contribution is 2.41. The zero-order chi connectivity index (χ0) is 20.4. The topological polar surface area (TPSA) is 75.7 Å². The average molecular weight is 415 g/mol. The molecule has 7 heteroatoms. The maximum atomic E-state index is 12.7. The van der Waals surface area contributed by atoms with E-state index in [4.69, 9.17) is 4.74 Å². The first-order chi connectivity index (χ1) is 14.0. The Labute approximate surface area is 171 Å². The summed E-state index contributed by atoms with van der Waals surface area (Å²) in [5.41, 5.74) is 2.22. The molecule has 0 radical (unpaired) electrons. The molecule has 0 unspecified atom stereocenters. The fraction of sp³-hybridized carbons (Fsp3) is 0.409. The number of ether oxygens (including phenoxy) is 1. The summed E-state index contributed by atoms with van der Waals surface area (Å²) >= 11 is 0. The highest BCUT2D eigenvalue weighted by atomic mass is 32.2. The van der Waals surface area contributed by atoms with Crippen LogP contribution < -0.4 is 10.1 Å². The van der Waals surface area contributed by atoms with Crippen molar-refractivity contribution in [3.05, 3.63) is 53.6 Å². The van der Waals surface area contributed by atoms with Gasteiger partial charge in [0.15, 0.2) is 0 Å². The molecule has 29 heavy (non-hydrogen) atoms. The zero-order valence-electron chi connectivity index (χ0n) is 16.6. The molecule has 1 heterocycles. The molecule has 0 spiro atoms. The number of hydrogen-bond acceptors (Lipinski definition) is 4. The first-order valence-electron chi connectivity index (χ1n) is 10.1. The normalized spacial score (nSPS) is 17.7. The molecule has 2 aliphatic rings. The quantitative estimate of drug-likeness (QED) is 0.775. The van der Waals surface area contributed by atoms with Crippen LogP contribution in [-0.4, -0.2) is 38.8 Å². The van der Waals surface area contributed by atoms with Gasteiger partial charge < -0.3 is 10.1 Å². The molecule has 154 valence electrons. The number of hydrogen-bond donors (Lipinski definition) is 1. The van der Waals surface area contributed by atoms with E-state index >= 15 is 0 Å². The molecule has 6 nitrogen and oxygen atoms in total. The minimum atomic E-state index is -3.45. The van der Waals surface area contributed by atoms with Gasteiger partial charge in [-0.25, -0.2) is 8.42 Å². The smallest absolute Gasteiger partial charge is 0.255 e. The highest BCUT2D eigenvalue weighted by Gasteiger charge is 2.27. The van der Waals surface area contributed by atoms with Gasteiger partial charge >= 0.3 is 0 Å². The molecule has 1 N–H and O–H groups in total. The molecule has 1 aliphatic heterocycles. The van der Waals surface area contributed by atoms with Gasteiger partial charge in [0, 0.05) is 24.3 Å². The lowest BCUT2D eigenvalue weighted by Gasteiger charge is -2.27. The van der Waals surface area contributed by atoms with Crippen molar-refractivity contribution < 1.29 is 17.9 Å². The van der Waals surface area contributed by atoms with E-state index in [0.29, 0.717) is 30.3 Å². The van der Waals surface area contributed by atoms with E-state index in [0.717, 1.165) is 37.0 Å². The van der Waals surface area contributed by atoms with Gasteiger partial charge in [0.1, 0.15) is 5.75 Å². The van der Waals surface area contributed by atoms with Crippen LogP contribution in [0.3, 0.4) is 0 Å². The Morgan fingerprint density at radius 3 is 2.31 bits per heavy atom. The van der Waals surface area contributed by atoms with Crippen LogP contribution in [0.1, 0.15) is 53.9 Å². The number of benzene rings is 2. The molecular weight excluding hydrogens is 388 g/mol. The van der Waals surface area contributed by atoms with Crippen LogP contribution in [0.15, 0.2) is 47.4 Å². The number of carbonyl (C=O) groups excluding carboxylic acids is 1. The number of methoxy groups -OCH3 is 1. The van der Waals surface area contributed by atoms with E-state index < -0.39 is 10.0 Å². The summed E-state index contributed by atoms with van der Waals surface area (Å²) in [6, 6.07) is 11.9. The number of amides is 1. The van der Waals surface area contributed by atoms with Crippen LogP contribution in [0.4, 0.5) is 5.69 Å². The lowest BCUT2D eigenvalue weighted by atomic mass is 9.79. The summed E-state index contributed by atoms with van der Waals surface area (Å²) in [5, 5.41) is 2.86. The molecule has 0 atom stereocenters. The van der Waals surface area contributed by atoms with Crippen LogP contribution in [0.2, 0.25) is 0 Å².